The minimum Gasteiger partial charge on any atom is -0.423 e. The molecule has 0 unspecified atom stereocenters. The fourth-order valence-corrected chi connectivity index (χ4v) is 1.71. The molecule has 0 fully saturated rings. The molecule has 0 aliphatic carbocycles. The van der Waals surface area contributed by atoms with E-state index in [0.717, 1.165) is 0 Å². The minimum atomic E-state index is -0.558. The van der Waals surface area contributed by atoms with E-state index in [9.17, 15) is 9.59 Å². The first-order valence-electron chi connectivity index (χ1n) is 5.02. The molecule has 0 radical (unpaired) electrons. The number of hydrogen-bond acceptors (Lipinski definition) is 5. The van der Waals surface area contributed by atoms with Crippen molar-refractivity contribution in [3.05, 3.63) is 40.2 Å². The fraction of sp³-hybridized carbons (Fsp3) is 0.0833. The second-order valence-electron chi connectivity index (χ2n) is 3.57. The van der Waals surface area contributed by atoms with Gasteiger partial charge in [0.25, 0.3) is 0 Å². The quantitative estimate of drug-likeness (QED) is 0.501. The molecule has 0 amide bonds. The van der Waals surface area contributed by atoms with E-state index in [4.69, 9.17) is 9.15 Å². The van der Waals surface area contributed by atoms with Gasteiger partial charge in [0.1, 0.15) is 17.7 Å². The number of carbonyl (C=O) groups is 1. The van der Waals surface area contributed by atoms with Crippen molar-refractivity contribution in [2.24, 2.45) is 4.99 Å². The van der Waals surface area contributed by atoms with Crippen molar-refractivity contribution in [3.63, 3.8) is 0 Å². The highest BCUT2D eigenvalue weighted by atomic mass is 16.5. The van der Waals surface area contributed by atoms with Crippen LogP contribution in [-0.2, 0) is 4.79 Å². The number of benzene rings is 1. The average molecular weight is 229 g/mol. The molecule has 2 heterocycles. The summed E-state index contributed by atoms with van der Waals surface area (Å²) in [4.78, 5) is 26.8. The van der Waals surface area contributed by atoms with E-state index in [0.29, 0.717) is 11.0 Å². The lowest BCUT2D eigenvalue weighted by Crippen LogP contribution is -2.13. The third-order valence-corrected chi connectivity index (χ3v) is 2.46. The number of carbonyl (C=O) groups excluding carboxylic acids is 1. The van der Waals surface area contributed by atoms with Crippen molar-refractivity contribution in [3.8, 4) is 5.75 Å². The standard InChI is InChI=1S/C12H7NO4/c14-10-6-13-5-8-11(17-10)7-3-1-2-4-9(7)16-12(8)15/h1-5H,6H2. The van der Waals surface area contributed by atoms with Gasteiger partial charge in [-0.2, -0.15) is 0 Å². The largest absolute Gasteiger partial charge is 0.423 e. The lowest BCUT2D eigenvalue weighted by Gasteiger charge is -2.06. The SMILES string of the molecule is O=C1CN=Cc2c(c3ccccc3oc2=O)O1. The van der Waals surface area contributed by atoms with E-state index in [1.807, 2.05) is 0 Å². The molecule has 1 aromatic carbocycles. The number of rotatable bonds is 0. The molecule has 0 spiro atoms. The van der Waals surface area contributed by atoms with Gasteiger partial charge in [-0.1, -0.05) is 12.1 Å². The summed E-state index contributed by atoms with van der Waals surface area (Å²) >= 11 is 0. The smallest absolute Gasteiger partial charge is 0.348 e. The maximum Gasteiger partial charge on any atom is 0.348 e. The Labute approximate surface area is 95.3 Å². The van der Waals surface area contributed by atoms with Crippen molar-refractivity contribution in [2.45, 2.75) is 0 Å². The highest BCUT2D eigenvalue weighted by molar-refractivity contribution is 5.97. The molecule has 84 valence electrons. The normalized spacial score (nSPS) is 14.2. The maximum atomic E-state index is 11.7. The number of hydrogen-bond donors (Lipinski definition) is 0. The Morgan fingerprint density at radius 1 is 1.18 bits per heavy atom. The van der Waals surface area contributed by atoms with Crippen molar-refractivity contribution in [1.82, 2.24) is 0 Å². The van der Waals surface area contributed by atoms with Crippen molar-refractivity contribution >= 4 is 23.2 Å². The Bertz CT molecular complexity index is 699. The first kappa shape index (κ1) is 9.77. The van der Waals surface area contributed by atoms with E-state index in [-0.39, 0.29) is 17.9 Å². The van der Waals surface area contributed by atoms with Crippen LogP contribution in [0, 0.1) is 0 Å². The lowest BCUT2D eigenvalue weighted by atomic mass is 10.1. The highest BCUT2D eigenvalue weighted by Gasteiger charge is 2.19. The van der Waals surface area contributed by atoms with Gasteiger partial charge in [-0.15, -0.1) is 0 Å². The summed E-state index contributed by atoms with van der Waals surface area (Å²) in [6, 6.07) is 6.89. The zero-order valence-electron chi connectivity index (χ0n) is 8.67. The first-order valence-corrected chi connectivity index (χ1v) is 5.02. The van der Waals surface area contributed by atoms with Gasteiger partial charge in [0, 0.05) is 6.21 Å². The number of nitrogens with zero attached hydrogens (tertiary/aromatic N) is 1. The van der Waals surface area contributed by atoms with Gasteiger partial charge >= 0.3 is 11.6 Å². The molecule has 17 heavy (non-hydrogen) atoms. The van der Waals surface area contributed by atoms with Crippen LogP contribution in [0.2, 0.25) is 0 Å². The summed E-state index contributed by atoms with van der Waals surface area (Å²) in [5.74, 6) is -0.265. The fourth-order valence-electron chi connectivity index (χ4n) is 1.71. The van der Waals surface area contributed by atoms with E-state index >= 15 is 0 Å². The summed E-state index contributed by atoms with van der Waals surface area (Å²) in [6.07, 6.45) is 1.32. The Hall–Kier alpha value is -2.43. The molecule has 0 saturated heterocycles. The summed E-state index contributed by atoms with van der Waals surface area (Å²) in [7, 11) is 0. The third kappa shape index (κ3) is 1.52. The van der Waals surface area contributed by atoms with E-state index in [1.165, 1.54) is 6.21 Å². The summed E-state index contributed by atoms with van der Waals surface area (Å²) in [5, 5.41) is 0.587. The molecule has 3 rings (SSSR count). The van der Waals surface area contributed by atoms with Crippen molar-refractivity contribution in [2.75, 3.05) is 6.54 Å². The zero-order valence-corrected chi connectivity index (χ0v) is 8.67. The van der Waals surface area contributed by atoms with Gasteiger partial charge in [-0.25, -0.2) is 9.59 Å². The Balaban J connectivity index is 2.44. The van der Waals surface area contributed by atoms with Gasteiger partial charge in [0.05, 0.1) is 5.39 Å². The molecule has 0 atom stereocenters. The van der Waals surface area contributed by atoms with E-state index in [2.05, 4.69) is 4.99 Å². The summed E-state index contributed by atoms with van der Waals surface area (Å²) in [5.41, 5.74) is 0.00560. The monoisotopic (exact) mass is 229 g/mol. The lowest BCUT2D eigenvalue weighted by molar-refractivity contribution is -0.132. The molecule has 0 saturated carbocycles. The summed E-state index contributed by atoms with van der Waals surface area (Å²) in [6.45, 7) is -0.0948. The van der Waals surface area contributed by atoms with Crippen LogP contribution in [0.1, 0.15) is 5.56 Å². The first-order chi connectivity index (χ1) is 8.25. The summed E-state index contributed by atoms with van der Waals surface area (Å²) < 4.78 is 10.2. The van der Waals surface area contributed by atoms with Crippen LogP contribution in [-0.4, -0.2) is 18.7 Å². The van der Waals surface area contributed by atoms with E-state index < -0.39 is 11.6 Å². The van der Waals surface area contributed by atoms with Gasteiger partial charge in [-0.05, 0) is 12.1 Å². The Morgan fingerprint density at radius 2 is 2.00 bits per heavy atom. The number of esters is 1. The molecule has 1 aromatic heterocycles. The van der Waals surface area contributed by atoms with Crippen molar-refractivity contribution < 1.29 is 13.9 Å². The van der Waals surface area contributed by atoms with Gasteiger partial charge < -0.3 is 9.15 Å². The van der Waals surface area contributed by atoms with Gasteiger partial charge in [-0.3, -0.25) is 4.99 Å². The van der Waals surface area contributed by atoms with Gasteiger partial charge in [0.2, 0.25) is 0 Å². The predicted molar refractivity (Wildman–Crippen MR) is 60.6 cm³/mol. The maximum absolute atomic E-state index is 11.7. The van der Waals surface area contributed by atoms with Crippen LogP contribution in [0.25, 0.3) is 11.0 Å². The zero-order chi connectivity index (χ0) is 11.8. The molecular formula is C12H7NO4. The average Bonchev–Trinajstić information content (AvgIpc) is 2.51. The number of aliphatic imine (C=N–C) groups is 1. The van der Waals surface area contributed by atoms with Crippen molar-refractivity contribution in [1.29, 1.82) is 0 Å². The van der Waals surface area contributed by atoms with Crippen LogP contribution in [0.3, 0.4) is 0 Å². The molecule has 5 nitrogen and oxygen atoms in total. The molecular weight excluding hydrogens is 222 g/mol. The molecule has 1 aliphatic rings. The molecule has 5 heteroatoms. The molecule has 0 N–H and O–H groups in total. The second-order valence-corrected chi connectivity index (χ2v) is 3.57. The second kappa shape index (κ2) is 3.55. The molecule has 0 bridgehead atoms. The van der Waals surface area contributed by atoms with Crippen LogP contribution < -0.4 is 10.4 Å². The number of ether oxygens (including phenoxy) is 1. The molecule has 1 aliphatic heterocycles. The van der Waals surface area contributed by atoms with Gasteiger partial charge in [0.15, 0.2) is 5.75 Å². The minimum absolute atomic E-state index is 0.0948. The Kier molecular flexibility index (Phi) is 2.04. The molecule has 2 aromatic rings. The van der Waals surface area contributed by atoms with Crippen LogP contribution in [0.5, 0.6) is 5.75 Å². The van der Waals surface area contributed by atoms with E-state index in [1.54, 1.807) is 24.3 Å². The Morgan fingerprint density at radius 3 is 2.88 bits per heavy atom. The van der Waals surface area contributed by atoms with Crippen LogP contribution in [0.4, 0.5) is 0 Å². The highest BCUT2D eigenvalue weighted by Crippen LogP contribution is 2.27. The van der Waals surface area contributed by atoms with Crippen LogP contribution >= 0.6 is 0 Å². The third-order valence-electron chi connectivity index (χ3n) is 2.46. The topological polar surface area (TPSA) is 68.9 Å². The number of fused-ring (bicyclic) bond motifs is 3. The predicted octanol–water partition coefficient (Wildman–Crippen LogP) is 1.13. The van der Waals surface area contributed by atoms with Crippen LogP contribution in [0.15, 0.2) is 38.5 Å². The number of para-hydroxylation sites is 1.